The number of rotatable bonds is 2. The summed E-state index contributed by atoms with van der Waals surface area (Å²) in [6.45, 7) is 0. The highest BCUT2D eigenvalue weighted by molar-refractivity contribution is 6.35. The molecule has 2 aromatic rings. The predicted octanol–water partition coefficient (Wildman–Crippen LogP) is 3.65. The van der Waals surface area contributed by atoms with Gasteiger partial charge in [-0.1, -0.05) is 55.7 Å². The van der Waals surface area contributed by atoms with Crippen molar-refractivity contribution in [3.63, 3.8) is 0 Å². The van der Waals surface area contributed by atoms with Crippen molar-refractivity contribution in [1.29, 1.82) is 0 Å². The minimum Gasteiger partial charge on any atom is -0.349 e. The Morgan fingerprint density at radius 2 is 1.52 bits per heavy atom. The molecule has 1 spiro atoms. The van der Waals surface area contributed by atoms with E-state index in [0.29, 0.717) is 18.4 Å². The zero-order valence-electron chi connectivity index (χ0n) is 17.8. The second-order valence-corrected chi connectivity index (χ2v) is 9.37. The second kappa shape index (κ2) is 7.15. The minimum atomic E-state index is -2.10. The summed E-state index contributed by atoms with van der Waals surface area (Å²) in [6.07, 6.45) is 3.21. The summed E-state index contributed by atoms with van der Waals surface area (Å²) in [4.78, 5) is 56.1. The lowest BCUT2D eigenvalue weighted by atomic mass is 9.77. The third-order valence-electron chi connectivity index (χ3n) is 7.67. The number of amides is 2. The van der Waals surface area contributed by atoms with Gasteiger partial charge in [0.1, 0.15) is 5.82 Å². The van der Waals surface area contributed by atoms with Crippen molar-refractivity contribution in [3.8, 4) is 0 Å². The number of hydrogen-bond donors (Lipinski definition) is 0. The highest BCUT2D eigenvalue weighted by atomic mass is 19.1. The largest absolute Gasteiger partial charge is 0.349 e. The number of ether oxygens (including phenoxy) is 1. The number of halogens is 1. The number of nitrogens with zero attached hydrogens (tertiary/aromatic N) is 1. The average Bonchev–Trinajstić information content (AvgIpc) is 3.40. The number of carbonyl (C=O) groups is 4. The number of carbonyl (C=O) groups excluding carboxylic acids is 4. The molecule has 6 nitrogen and oxygen atoms in total. The number of Topliss-reactive ketones (excluding diaryl/α,β-unsaturated/α-hetero) is 2. The van der Waals surface area contributed by atoms with E-state index in [1.807, 2.05) is 0 Å². The molecular formula is C26H22FNO5. The SMILES string of the molecule is O=C1[C@H]2[C@@H](C(=O)N1C1CCCCC1)C1(O[C@H]2c2cccc(F)c2)C(=O)c2ccccc2C1=O. The van der Waals surface area contributed by atoms with Crippen LogP contribution in [0.25, 0.3) is 0 Å². The Hall–Kier alpha value is -3.19. The monoisotopic (exact) mass is 447 g/mol. The van der Waals surface area contributed by atoms with Crippen LogP contribution >= 0.6 is 0 Å². The van der Waals surface area contributed by atoms with Gasteiger partial charge in [0.2, 0.25) is 29.0 Å². The molecule has 33 heavy (non-hydrogen) atoms. The number of hydrogen-bond acceptors (Lipinski definition) is 5. The molecule has 3 atom stereocenters. The van der Waals surface area contributed by atoms with E-state index in [2.05, 4.69) is 0 Å². The summed E-state index contributed by atoms with van der Waals surface area (Å²) in [5, 5.41) is 0. The van der Waals surface area contributed by atoms with Crippen LogP contribution in [0.15, 0.2) is 48.5 Å². The number of fused-ring (bicyclic) bond motifs is 3. The van der Waals surface area contributed by atoms with Crippen LogP contribution in [0, 0.1) is 17.7 Å². The molecule has 2 aromatic carbocycles. The van der Waals surface area contributed by atoms with Crippen LogP contribution in [0.1, 0.15) is 64.5 Å². The molecule has 0 N–H and O–H groups in total. The fourth-order valence-corrected chi connectivity index (χ4v) is 6.22. The van der Waals surface area contributed by atoms with Crippen LogP contribution in [0.4, 0.5) is 4.39 Å². The summed E-state index contributed by atoms with van der Waals surface area (Å²) >= 11 is 0. The van der Waals surface area contributed by atoms with Crippen molar-refractivity contribution >= 4 is 23.4 Å². The van der Waals surface area contributed by atoms with Crippen LogP contribution in [0.2, 0.25) is 0 Å². The maximum atomic E-state index is 14.1. The van der Waals surface area contributed by atoms with Crippen molar-refractivity contribution in [1.82, 2.24) is 4.90 Å². The molecule has 2 aliphatic heterocycles. The van der Waals surface area contributed by atoms with Gasteiger partial charge < -0.3 is 4.74 Å². The van der Waals surface area contributed by atoms with Gasteiger partial charge in [-0.3, -0.25) is 24.1 Å². The third kappa shape index (κ3) is 2.63. The maximum absolute atomic E-state index is 14.1. The van der Waals surface area contributed by atoms with E-state index in [1.165, 1.54) is 23.1 Å². The van der Waals surface area contributed by atoms with Crippen LogP contribution in [-0.2, 0) is 14.3 Å². The quantitative estimate of drug-likeness (QED) is 0.519. The van der Waals surface area contributed by atoms with E-state index in [1.54, 1.807) is 30.3 Å². The van der Waals surface area contributed by atoms with Crippen LogP contribution in [-0.4, -0.2) is 39.9 Å². The van der Waals surface area contributed by atoms with Crippen molar-refractivity contribution in [2.24, 2.45) is 11.8 Å². The van der Waals surface area contributed by atoms with Gasteiger partial charge in [-0.2, -0.15) is 0 Å². The van der Waals surface area contributed by atoms with Gasteiger partial charge in [0, 0.05) is 17.2 Å². The molecule has 3 fully saturated rings. The molecule has 2 heterocycles. The van der Waals surface area contributed by atoms with Crippen molar-refractivity contribution in [2.75, 3.05) is 0 Å². The Balaban J connectivity index is 1.51. The molecule has 0 bridgehead atoms. The Morgan fingerprint density at radius 1 is 0.848 bits per heavy atom. The molecule has 7 heteroatoms. The fraction of sp³-hybridized carbons (Fsp3) is 0.385. The molecule has 168 valence electrons. The molecule has 2 amide bonds. The Kier molecular flexibility index (Phi) is 4.43. The van der Waals surface area contributed by atoms with E-state index in [-0.39, 0.29) is 17.2 Å². The number of imide groups is 1. The van der Waals surface area contributed by atoms with Gasteiger partial charge in [0.05, 0.1) is 17.9 Å². The van der Waals surface area contributed by atoms with E-state index in [0.717, 1.165) is 19.3 Å². The van der Waals surface area contributed by atoms with Crippen molar-refractivity contribution in [3.05, 3.63) is 71.0 Å². The zero-order chi connectivity index (χ0) is 22.9. The predicted molar refractivity (Wildman–Crippen MR) is 114 cm³/mol. The van der Waals surface area contributed by atoms with Gasteiger partial charge in [0.15, 0.2) is 0 Å². The third-order valence-corrected chi connectivity index (χ3v) is 7.67. The molecule has 1 saturated carbocycles. The summed E-state index contributed by atoms with van der Waals surface area (Å²) in [7, 11) is 0. The lowest BCUT2D eigenvalue weighted by molar-refractivity contribution is -0.148. The van der Waals surface area contributed by atoms with Crippen LogP contribution in [0.5, 0.6) is 0 Å². The van der Waals surface area contributed by atoms with E-state index < -0.39 is 52.7 Å². The van der Waals surface area contributed by atoms with Gasteiger partial charge in [0.25, 0.3) is 0 Å². The van der Waals surface area contributed by atoms with E-state index >= 15 is 0 Å². The van der Waals surface area contributed by atoms with Gasteiger partial charge in [-0.15, -0.1) is 0 Å². The number of ketones is 2. The molecule has 0 aromatic heterocycles. The van der Waals surface area contributed by atoms with Crippen molar-refractivity contribution < 1.29 is 28.3 Å². The fourth-order valence-electron chi connectivity index (χ4n) is 6.22. The standard InChI is InChI=1S/C26H22FNO5/c27-15-8-6-7-14(13-15)21-19-20(25(32)28(24(19)31)16-9-2-1-3-10-16)26(33-21)22(29)17-11-4-5-12-18(17)23(26)30/h4-8,11-13,16,19-21H,1-3,9-10H2/t19-,20-,21-/m0/s1. The first-order valence-electron chi connectivity index (χ1n) is 11.4. The summed E-state index contributed by atoms with van der Waals surface area (Å²) in [5.41, 5.74) is -1.37. The highest BCUT2D eigenvalue weighted by Crippen LogP contribution is 2.57. The number of benzene rings is 2. The van der Waals surface area contributed by atoms with Gasteiger partial charge >= 0.3 is 0 Å². The summed E-state index contributed by atoms with van der Waals surface area (Å²) < 4.78 is 20.3. The molecule has 2 aliphatic carbocycles. The van der Waals surface area contributed by atoms with E-state index in [9.17, 15) is 23.6 Å². The smallest absolute Gasteiger partial charge is 0.237 e. The first-order valence-corrected chi connectivity index (χ1v) is 11.4. The van der Waals surface area contributed by atoms with E-state index in [4.69, 9.17) is 4.74 Å². The Morgan fingerprint density at radius 3 is 2.15 bits per heavy atom. The lowest BCUT2D eigenvalue weighted by Crippen LogP contribution is -2.52. The van der Waals surface area contributed by atoms with Gasteiger partial charge in [-0.25, -0.2) is 4.39 Å². The second-order valence-electron chi connectivity index (χ2n) is 9.37. The number of likely N-dealkylation sites (tertiary alicyclic amines) is 1. The van der Waals surface area contributed by atoms with Crippen LogP contribution in [0.3, 0.4) is 0 Å². The average molecular weight is 447 g/mol. The first kappa shape index (κ1) is 20.4. The summed E-state index contributed by atoms with van der Waals surface area (Å²) in [5.74, 6) is -4.98. The Bertz CT molecular complexity index is 1180. The zero-order valence-corrected chi connectivity index (χ0v) is 17.8. The molecular weight excluding hydrogens is 425 g/mol. The summed E-state index contributed by atoms with van der Waals surface area (Å²) in [6, 6.07) is 11.7. The molecule has 2 saturated heterocycles. The van der Waals surface area contributed by atoms with Crippen molar-refractivity contribution in [2.45, 2.75) is 49.9 Å². The molecule has 4 aliphatic rings. The molecule has 6 rings (SSSR count). The molecule has 0 radical (unpaired) electrons. The first-order chi connectivity index (χ1) is 15.9. The highest BCUT2D eigenvalue weighted by Gasteiger charge is 2.75. The van der Waals surface area contributed by atoms with Gasteiger partial charge in [-0.05, 0) is 30.5 Å². The topological polar surface area (TPSA) is 80.8 Å². The Labute approximate surface area is 189 Å². The lowest BCUT2D eigenvalue weighted by Gasteiger charge is -2.33. The minimum absolute atomic E-state index is 0.192. The normalized spacial score (nSPS) is 28.6. The van der Waals surface area contributed by atoms with Crippen LogP contribution < -0.4 is 0 Å². The maximum Gasteiger partial charge on any atom is 0.237 e. The molecule has 0 unspecified atom stereocenters.